The van der Waals surface area contributed by atoms with Gasteiger partial charge in [-0.2, -0.15) is 4.31 Å². The summed E-state index contributed by atoms with van der Waals surface area (Å²) in [6, 6.07) is 11.8. The maximum absolute atomic E-state index is 13.2. The van der Waals surface area contributed by atoms with Crippen molar-refractivity contribution in [2.24, 2.45) is 5.92 Å². The van der Waals surface area contributed by atoms with Crippen molar-refractivity contribution in [2.45, 2.75) is 68.2 Å². The SMILES string of the molecule is CC(C)(O)c1ccc(N2CCN(S(=O)(=O)c3cccs3)C[C@H]2CC2CCCCC2)cc1. The quantitative estimate of drug-likeness (QED) is 0.668. The number of thiophene rings is 1. The molecule has 0 unspecified atom stereocenters. The molecule has 2 heterocycles. The summed E-state index contributed by atoms with van der Waals surface area (Å²) in [6.45, 7) is 5.30. The van der Waals surface area contributed by atoms with Crippen LogP contribution in [0.3, 0.4) is 0 Å². The average molecular weight is 463 g/mol. The number of aliphatic hydroxyl groups is 1. The molecule has 1 N–H and O–H groups in total. The van der Waals surface area contributed by atoms with E-state index < -0.39 is 15.6 Å². The van der Waals surface area contributed by atoms with Gasteiger partial charge in [0.15, 0.2) is 0 Å². The highest BCUT2D eigenvalue weighted by atomic mass is 32.2. The first-order valence-electron chi connectivity index (χ1n) is 11.4. The van der Waals surface area contributed by atoms with Gasteiger partial charge in [0.25, 0.3) is 10.0 Å². The molecule has 7 heteroatoms. The highest BCUT2D eigenvalue weighted by molar-refractivity contribution is 7.91. The molecule has 4 rings (SSSR count). The van der Waals surface area contributed by atoms with Gasteiger partial charge in [0.2, 0.25) is 0 Å². The molecule has 31 heavy (non-hydrogen) atoms. The minimum absolute atomic E-state index is 0.166. The van der Waals surface area contributed by atoms with Gasteiger partial charge in [0, 0.05) is 31.4 Å². The average Bonchev–Trinajstić information content (AvgIpc) is 3.30. The van der Waals surface area contributed by atoms with E-state index in [9.17, 15) is 13.5 Å². The molecule has 2 aliphatic rings. The molecular weight excluding hydrogens is 428 g/mol. The van der Waals surface area contributed by atoms with E-state index in [1.54, 1.807) is 30.3 Å². The van der Waals surface area contributed by atoms with E-state index in [1.807, 2.05) is 17.5 Å². The highest BCUT2D eigenvalue weighted by Gasteiger charge is 2.36. The van der Waals surface area contributed by atoms with Crippen LogP contribution in [0.1, 0.15) is 57.9 Å². The van der Waals surface area contributed by atoms with Crippen LogP contribution in [0.25, 0.3) is 0 Å². The summed E-state index contributed by atoms with van der Waals surface area (Å²) in [5.74, 6) is 0.668. The van der Waals surface area contributed by atoms with Crippen LogP contribution >= 0.6 is 11.3 Å². The van der Waals surface area contributed by atoms with Crippen molar-refractivity contribution in [3.8, 4) is 0 Å². The molecule has 1 aliphatic heterocycles. The first-order valence-corrected chi connectivity index (χ1v) is 13.7. The predicted octanol–water partition coefficient (Wildman–Crippen LogP) is 4.83. The summed E-state index contributed by atoms with van der Waals surface area (Å²) >= 11 is 1.29. The Bertz CT molecular complexity index is 944. The molecule has 170 valence electrons. The van der Waals surface area contributed by atoms with E-state index in [1.165, 1.54) is 43.4 Å². The zero-order valence-electron chi connectivity index (χ0n) is 18.5. The van der Waals surface area contributed by atoms with Gasteiger partial charge in [0.1, 0.15) is 4.21 Å². The molecule has 5 nitrogen and oxygen atoms in total. The fourth-order valence-electron chi connectivity index (χ4n) is 4.99. The standard InChI is InChI=1S/C24H34N2O3S2/c1-24(2,27)20-10-12-21(13-11-20)26-15-14-25(31(28,29)23-9-6-16-30-23)18-22(26)17-19-7-4-3-5-8-19/h6,9-13,16,19,22,27H,3-5,7-8,14-15,17-18H2,1-2H3/t22-/m1/s1. The molecule has 1 aromatic heterocycles. The molecule has 2 fully saturated rings. The zero-order valence-corrected chi connectivity index (χ0v) is 20.2. The third-order valence-electron chi connectivity index (χ3n) is 6.77. The number of anilines is 1. The molecule has 0 amide bonds. The van der Waals surface area contributed by atoms with Crippen LogP contribution in [0, 0.1) is 5.92 Å². The molecule has 0 bridgehead atoms. The lowest BCUT2D eigenvalue weighted by Gasteiger charge is -2.44. The molecule has 0 spiro atoms. The van der Waals surface area contributed by atoms with E-state index in [0.717, 1.165) is 17.7 Å². The maximum Gasteiger partial charge on any atom is 0.252 e. The Labute approximate surface area is 190 Å². The monoisotopic (exact) mass is 462 g/mol. The van der Waals surface area contributed by atoms with Crippen LogP contribution in [0.4, 0.5) is 5.69 Å². The Hall–Kier alpha value is -1.41. The van der Waals surface area contributed by atoms with E-state index in [-0.39, 0.29) is 6.04 Å². The maximum atomic E-state index is 13.2. The normalized spacial score (nSPS) is 22.0. The van der Waals surface area contributed by atoms with Crippen LogP contribution in [0.5, 0.6) is 0 Å². The van der Waals surface area contributed by atoms with Crippen molar-refractivity contribution in [2.75, 3.05) is 24.5 Å². The Morgan fingerprint density at radius 3 is 2.39 bits per heavy atom. The van der Waals surface area contributed by atoms with Crippen LogP contribution in [-0.4, -0.2) is 43.5 Å². The minimum Gasteiger partial charge on any atom is -0.386 e. The summed E-state index contributed by atoms with van der Waals surface area (Å²) < 4.78 is 28.5. The number of nitrogens with zero attached hydrogens (tertiary/aromatic N) is 2. The van der Waals surface area contributed by atoms with Gasteiger partial charge in [-0.15, -0.1) is 11.3 Å². The Kier molecular flexibility index (Phi) is 6.77. The van der Waals surface area contributed by atoms with E-state index in [2.05, 4.69) is 17.0 Å². The zero-order chi connectivity index (χ0) is 22.1. The minimum atomic E-state index is -3.43. The summed E-state index contributed by atoms with van der Waals surface area (Å²) in [5, 5.41) is 12.1. The summed E-state index contributed by atoms with van der Waals surface area (Å²) in [7, 11) is -3.43. The van der Waals surface area contributed by atoms with Gasteiger partial charge in [-0.25, -0.2) is 8.42 Å². The van der Waals surface area contributed by atoms with Crippen LogP contribution in [0.15, 0.2) is 46.0 Å². The van der Waals surface area contributed by atoms with Gasteiger partial charge in [-0.1, -0.05) is 50.3 Å². The fraction of sp³-hybridized carbons (Fsp3) is 0.583. The lowest BCUT2D eigenvalue weighted by atomic mass is 9.84. The third-order valence-corrected chi connectivity index (χ3v) is 10.0. The second kappa shape index (κ2) is 9.22. The van der Waals surface area contributed by atoms with E-state index in [4.69, 9.17) is 0 Å². The molecule has 2 aromatic rings. The second-order valence-corrected chi connectivity index (χ2v) is 12.6. The van der Waals surface area contributed by atoms with Crippen LogP contribution in [-0.2, 0) is 15.6 Å². The number of piperazine rings is 1. The number of benzene rings is 1. The Balaban J connectivity index is 1.57. The lowest BCUT2D eigenvalue weighted by molar-refractivity contribution is 0.0786. The van der Waals surface area contributed by atoms with Crippen LogP contribution < -0.4 is 4.90 Å². The van der Waals surface area contributed by atoms with Crippen molar-refractivity contribution in [3.05, 3.63) is 47.3 Å². The van der Waals surface area contributed by atoms with Crippen molar-refractivity contribution >= 4 is 27.0 Å². The van der Waals surface area contributed by atoms with Crippen molar-refractivity contribution in [1.29, 1.82) is 0 Å². The molecule has 1 atom stereocenters. The number of sulfonamides is 1. The predicted molar refractivity (Wildman–Crippen MR) is 127 cm³/mol. The Morgan fingerprint density at radius 2 is 1.77 bits per heavy atom. The first kappa shape index (κ1) is 22.8. The van der Waals surface area contributed by atoms with Crippen LogP contribution in [0.2, 0.25) is 0 Å². The molecule has 1 aromatic carbocycles. The van der Waals surface area contributed by atoms with Gasteiger partial charge < -0.3 is 10.0 Å². The van der Waals surface area contributed by atoms with Crippen molar-refractivity contribution in [3.63, 3.8) is 0 Å². The van der Waals surface area contributed by atoms with Gasteiger partial charge in [0.05, 0.1) is 5.60 Å². The van der Waals surface area contributed by atoms with Crippen molar-refractivity contribution < 1.29 is 13.5 Å². The molecular formula is C24H34N2O3S2. The molecule has 1 saturated carbocycles. The summed E-state index contributed by atoms with van der Waals surface area (Å²) in [6.07, 6.45) is 7.43. The molecule has 1 saturated heterocycles. The second-order valence-electron chi connectivity index (χ2n) is 9.49. The Morgan fingerprint density at radius 1 is 1.06 bits per heavy atom. The lowest BCUT2D eigenvalue weighted by Crippen LogP contribution is -2.55. The summed E-state index contributed by atoms with van der Waals surface area (Å²) in [5.41, 5.74) is 1.13. The van der Waals surface area contributed by atoms with Crippen molar-refractivity contribution in [1.82, 2.24) is 4.31 Å². The number of hydrogen-bond acceptors (Lipinski definition) is 5. The topological polar surface area (TPSA) is 60.9 Å². The first-order chi connectivity index (χ1) is 14.7. The third kappa shape index (κ3) is 5.16. The number of hydrogen-bond donors (Lipinski definition) is 1. The smallest absolute Gasteiger partial charge is 0.252 e. The highest BCUT2D eigenvalue weighted by Crippen LogP contribution is 2.34. The van der Waals surface area contributed by atoms with E-state index >= 15 is 0 Å². The van der Waals surface area contributed by atoms with Gasteiger partial charge in [-0.05, 0) is 55.3 Å². The van der Waals surface area contributed by atoms with Gasteiger partial charge in [-0.3, -0.25) is 0 Å². The molecule has 0 radical (unpaired) electrons. The van der Waals surface area contributed by atoms with E-state index in [0.29, 0.717) is 29.8 Å². The number of rotatable bonds is 6. The fourth-order valence-corrected chi connectivity index (χ4v) is 7.61. The van der Waals surface area contributed by atoms with Gasteiger partial charge >= 0.3 is 0 Å². The largest absolute Gasteiger partial charge is 0.386 e. The summed E-state index contributed by atoms with van der Waals surface area (Å²) in [4.78, 5) is 2.39. The molecule has 1 aliphatic carbocycles.